The number of carbonyl (C=O) groups is 1. The van der Waals surface area contributed by atoms with Crippen LogP contribution >= 0.6 is 11.3 Å². The van der Waals surface area contributed by atoms with Crippen LogP contribution < -0.4 is 10.1 Å². The van der Waals surface area contributed by atoms with Gasteiger partial charge in [-0.2, -0.15) is 5.10 Å². The van der Waals surface area contributed by atoms with Gasteiger partial charge in [0.15, 0.2) is 10.8 Å². The van der Waals surface area contributed by atoms with Gasteiger partial charge < -0.3 is 4.74 Å². The van der Waals surface area contributed by atoms with Crippen molar-refractivity contribution in [3.8, 4) is 17.0 Å². The number of aromatic nitrogens is 3. The van der Waals surface area contributed by atoms with Crippen molar-refractivity contribution in [1.82, 2.24) is 14.8 Å². The smallest absolute Gasteiger partial charge is 0.278 e. The lowest BCUT2D eigenvalue weighted by Gasteiger charge is -2.18. The predicted molar refractivity (Wildman–Crippen MR) is 101 cm³/mol. The molecule has 0 unspecified atom stereocenters. The van der Waals surface area contributed by atoms with E-state index >= 15 is 0 Å². The number of benzene rings is 2. The fraction of sp³-hybridized carbons (Fsp3) is 0.105. The minimum Gasteiger partial charge on any atom is -0.488 e. The molecular weight excluding hydrogens is 348 g/mol. The first-order valence-electron chi connectivity index (χ1n) is 8.16. The van der Waals surface area contributed by atoms with Crippen LogP contribution in [0.5, 0.6) is 5.75 Å². The second-order valence-electron chi connectivity index (χ2n) is 6.03. The summed E-state index contributed by atoms with van der Waals surface area (Å²) in [4.78, 5) is 17.3. The first-order valence-corrected chi connectivity index (χ1v) is 8.97. The van der Waals surface area contributed by atoms with Crippen LogP contribution in [0.2, 0.25) is 0 Å². The summed E-state index contributed by atoms with van der Waals surface area (Å²) in [5.41, 5.74) is 3.90. The minimum atomic E-state index is -0.274. The number of thiazole rings is 1. The highest BCUT2D eigenvalue weighted by Gasteiger charge is 2.28. The van der Waals surface area contributed by atoms with Crippen molar-refractivity contribution >= 4 is 32.6 Å². The molecule has 1 amide bonds. The molecule has 1 N–H and O–H groups in total. The summed E-state index contributed by atoms with van der Waals surface area (Å²) in [6, 6.07) is 15.6. The molecule has 0 spiro atoms. The van der Waals surface area contributed by atoms with Crippen molar-refractivity contribution in [1.29, 1.82) is 0 Å². The fourth-order valence-corrected chi connectivity index (χ4v) is 4.10. The molecule has 7 heteroatoms. The van der Waals surface area contributed by atoms with Crippen molar-refractivity contribution in [2.75, 3.05) is 5.32 Å². The number of hydrogen-bond donors (Lipinski definition) is 1. The van der Waals surface area contributed by atoms with Crippen molar-refractivity contribution in [3.05, 3.63) is 59.8 Å². The number of fused-ring (bicyclic) bond motifs is 4. The average Bonchev–Trinajstić information content (AvgIpc) is 3.22. The summed E-state index contributed by atoms with van der Waals surface area (Å²) in [7, 11) is 1.84. The van der Waals surface area contributed by atoms with Crippen LogP contribution in [0, 0.1) is 0 Å². The molecule has 0 atom stereocenters. The zero-order chi connectivity index (χ0) is 17.7. The number of amides is 1. The van der Waals surface area contributed by atoms with Crippen LogP contribution in [-0.2, 0) is 13.7 Å². The molecule has 3 heterocycles. The van der Waals surface area contributed by atoms with Crippen LogP contribution in [0.15, 0.2) is 48.5 Å². The molecule has 2 aromatic heterocycles. The maximum absolute atomic E-state index is 12.8. The number of rotatable bonds is 2. The first kappa shape index (κ1) is 15.1. The lowest BCUT2D eigenvalue weighted by atomic mass is 10.0. The number of nitrogens with zero attached hydrogens (tertiary/aromatic N) is 3. The molecule has 0 bridgehead atoms. The zero-order valence-corrected chi connectivity index (χ0v) is 14.7. The number of para-hydroxylation sites is 2. The van der Waals surface area contributed by atoms with Gasteiger partial charge in [-0.05, 0) is 24.3 Å². The van der Waals surface area contributed by atoms with Crippen molar-refractivity contribution in [3.63, 3.8) is 0 Å². The largest absolute Gasteiger partial charge is 0.488 e. The Hall–Kier alpha value is -3.19. The minimum absolute atomic E-state index is 0.274. The van der Waals surface area contributed by atoms with Gasteiger partial charge >= 0.3 is 0 Å². The summed E-state index contributed by atoms with van der Waals surface area (Å²) in [6.07, 6.45) is 0. The Morgan fingerprint density at radius 2 is 2.00 bits per heavy atom. The van der Waals surface area contributed by atoms with Crippen molar-refractivity contribution in [2.45, 2.75) is 6.61 Å². The quantitative estimate of drug-likeness (QED) is 0.588. The topological polar surface area (TPSA) is 69.0 Å². The molecule has 0 saturated carbocycles. The molecule has 0 aliphatic carbocycles. The summed E-state index contributed by atoms with van der Waals surface area (Å²) in [5, 5.41) is 7.88. The van der Waals surface area contributed by atoms with Gasteiger partial charge in [0.1, 0.15) is 12.4 Å². The molecule has 128 valence electrons. The van der Waals surface area contributed by atoms with Crippen LogP contribution in [0.1, 0.15) is 16.1 Å². The third-order valence-electron chi connectivity index (χ3n) is 4.39. The average molecular weight is 362 g/mol. The second kappa shape index (κ2) is 5.67. The van der Waals surface area contributed by atoms with E-state index in [1.54, 1.807) is 4.68 Å². The van der Waals surface area contributed by atoms with Crippen LogP contribution in [-0.4, -0.2) is 20.7 Å². The third kappa shape index (κ3) is 2.28. The van der Waals surface area contributed by atoms with E-state index in [0.717, 1.165) is 32.8 Å². The number of aryl methyl sites for hydroxylation is 1. The van der Waals surface area contributed by atoms with E-state index in [1.807, 2.05) is 55.6 Å². The fourth-order valence-electron chi connectivity index (χ4n) is 3.24. The standard InChI is InChI=1S/C19H14N4O2S/c1-23-17-11-6-2-4-8-14(11)25-10-12(17)16(22-23)18(24)21-19-20-13-7-3-5-9-15(13)26-19/h2-9H,10H2,1H3,(H,20,21,24). The van der Waals surface area contributed by atoms with Crippen molar-refractivity contribution < 1.29 is 9.53 Å². The Kier molecular flexibility index (Phi) is 3.29. The lowest BCUT2D eigenvalue weighted by Crippen LogP contribution is -2.16. The third-order valence-corrected chi connectivity index (χ3v) is 5.34. The van der Waals surface area contributed by atoms with E-state index in [1.165, 1.54) is 11.3 Å². The van der Waals surface area contributed by atoms with Crippen LogP contribution in [0.4, 0.5) is 5.13 Å². The van der Waals surface area contributed by atoms with Gasteiger partial charge in [0, 0.05) is 18.2 Å². The molecule has 1 aliphatic heterocycles. The highest BCUT2D eigenvalue weighted by Crippen LogP contribution is 2.38. The molecule has 0 radical (unpaired) electrons. The van der Waals surface area contributed by atoms with Gasteiger partial charge in [-0.3, -0.25) is 14.8 Å². The molecule has 26 heavy (non-hydrogen) atoms. The molecule has 2 aromatic carbocycles. The number of carbonyl (C=O) groups excluding carboxylic acids is 1. The Morgan fingerprint density at radius 1 is 1.19 bits per heavy atom. The Balaban J connectivity index is 1.52. The molecule has 4 aromatic rings. The van der Waals surface area contributed by atoms with E-state index in [2.05, 4.69) is 15.4 Å². The van der Waals surface area contributed by atoms with Gasteiger partial charge in [0.05, 0.1) is 15.9 Å². The lowest BCUT2D eigenvalue weighted by molar-refractivity contribution is 0.101. The van der Waals surface area contributed by atoms with Crippen molar-refractivity contribution in [2.24, 2.45) is 7.05 Å². The monoisotopic (exact) mass is 362 g/mol. The van der Waals surface area contributed by atoms with Gasteiger partial charge in [0.2, 0.25) is 0 Å². The highest BCUT2D eigenvalue weighted by atomic mass is 32.1. The molecular formula is C19H14N4O2S. The summed E-state index contributed by atoms with van der Waals surface area (Å²) in [5.74, 6) is 0.532. The van der Waals surface area contributed by atoms with Crippen LogP contribution in [0.3, 0.4) is 0 Å². The molecule has 6 nitrogen and oxygen atoms in total. The van der Waals surface area contributed by atoms with Gasteiger partial charge in [-0.15, -0.1) is 0 Å². The number of anilines is 1. The zero-order valence-electron chi connectivity index (χ0n) is 13.9. The maximum atomic E-state index is 12.8. The first-order chi connectivity index (χ1) is 12.7. The number of hydrogen-bond acceptors (Lipinski definition) is 5. The van der Waals surface area contributed by atoms with E-state index in [-0.39, 0.29) is 5.91 Å². The van der Waals surface area contributed by atoms with E-state index in [9.17, 15) is 4.79 Å². The molecule has 1 aliphatic rings. The molecule has 0 fully saturated rings. The van der Waals surface area contributed by atoms with Gasteiger partial charge in [-0.1, -0.05) is 35.6 Å². The molecule has 5 rings (SSSR count). The normalized spacial score (nSPS) is 12.3. The maximum Gasteiger partial charge on any atom is 0.278 e. The highest BCUT2D eigenvalue weighted by molar-refractivity contribution is 7.22. The SMILES string of the molecule is Cn1nc(C(=O)Nc2nc3ccccc3s2)c2c1-c1ccccc1OC2. The summed E-state index contributed by atoms with van der Waals surface area (Å²) < 4.78 is 8.58. The summed E-state index contributed by atoms with van der Waals surface area (Å²) in [6.45, 7) is 0.322. The van der Waals surface area contributed by atoms with E-state index in [0.29, 0.717) is 17.4 Å². The number of nitrogens with one attached hydrogen (secondary N) is 1. The van der Waals surface area contributed by atoms with E-state index in [4.69, 9.17) is 4.74 Å². The van der Waals surface area contributed by atoms with Gasteiger partial charge in [0.25, 0.3) is 5.91 Å². The van der Waals surface area contributed by atoms with Gasteiger partial charge in [-0.25, -0.2) is 4.98 Å². The second-order valence-corrected chi connectivity index (χ2v) is 7.06. The number of ether oxygens (including phenoxy) is 1. The summed E-state index contributed by atoms with van der Waals surface area (Å²) >= 11 is 1.44. The predicted octanol–water partition coefficient (Wildman–Crippen LogP) is 3.84. The Bertz CT molecular complexity index is 1130. The van der Waals surface area contributed by atoms with Crippen LogP contribution in [0.25, 0.3) is 21.5 Å². The Morgan fingerprint density at radius 3 is 2.88 bits per heavy atom. The Labute approximate surface area is 153 Å². The molecule has 0 saturated heterocycles. The van der Waals surface area contributed by atoms with E-state index < -0.39 is 0 Å².